The lowest BCUT2D eigenvalue weighted by atomic mass is 10.2. The van der Waals surface area contributed by atoms with Crippen LogP contribution < -0.4 is 5.32 Å². The Labute approximate surface area is 104 Å². The van der Waals surface area contributed by atoms with Gasteiger partial charge in [0.1, 0.15) is 0 Å². The standard InChI is InChI=1S/C13H24N4/c1-12-13(11-16(2)15-12)10-14-6-5-9-17-7-3-4-8-17/h11,14H,3-10H2,1-2H3. The summed E-state index contributed by atoms with van der Waals surface area (Å²) in [5.74, 6) is 0. The highest BCUT2D eigenvalue weighted by Gasteiger charge is 2.10. The molecule has 4 nitrogen and oxygen atoms in total. The number of likely N-dealkylation sites (tertiary alicyclic amines) is 1. The summed E-state index contributed by atoms with van der Waals surface area (Å²) < 4.78 is 1.89. The summed E-state index contributed by atoms with van der Waals surface area (Å²) in [5, 5.41) is 7.84. The third kappa shape index (κ3) is 3.82. The summed E-state index contributed by atoms with van der Waals surface area (Å²) in [4.78, 5) is 2.57. The molecule has 1 aromatic rings. The Balaban J connectivity index is 1.58. The minimum absolute atomic E-state index is 0.944. The van der Waals surface area contributed by atoms with Gasteiger partial charge in [0.15, 0.2) is 0 Å². The van der Waals surface area contributed by atoms with Gasteiger partial charge in [0.05, 0.1) is 5.69 Å². The predicted octanol–water partition coefficient (Wildman–Crippen LogP) is 1.30. The number of aromatic nitrogens is 2. The lowest BCUT2D eigenvalue weighted by Crippen LogP contribution is -2.24. The van der Waals surface area contributed by atoms with Crippen LogP contribution in [0.1, 0.15) is 30.5 Å². The van der Waals surface area contributed by atoms with Crippen LogP contribution in [0.3, 0.4) is 0 Å². The van der Waals surface area contributed by atoms with Gasteiger partial charge in [0.2, 0.25) is 0 Å². The molecule has 1 aliphatic heterocycles. The van der Waals surface area contributed by atoms with Crippen LogP contribution in [0.4, 0.5) is 0 Å². The first-order valence-electron chi connectivity index (χ1n) is 6.68. The molecule has 1 fully saturated rings. The molecule has 17 heavy (non-hydrogen) atoms. The molecule has 0 radical (unpaired) electrons. The monoisotopic (exact) mass is 236 g/mol. The molecule has 0 spiro atoms. The van der Waals surface area contributed by atoms with Gasteiger partial charge < -0.3 is 10.2 Å². The number of rotatable bonds is 6. The zero-order valence-electron chi connectivity index (χ0n) is 11.1. The van der Waals surface area contributed by atoms with Crippen LogP contribution in [-0.2, 0) is 13.6 Å². The Morgan fingerprint density at radius 1 is 1.35 bits per heavy atom. The fraction of sp³-hybridized carbons (Fsp3) is 0.769. The van der Waals surface area contributed by atoms with Gasteiger partial charge >= 0.3 is 0 Å². The van der Waals surface area contributed by atoms with E-state index in [0.29, 0.717) is 0 Å². The third-order valence-electron chi connectivity index (χ3n) is 3.46. The van der Waals surface area contributed by atoms with Crippen molar-refractivity contribution in [3.8, 4) is 0 Å². The van der Waals surface area contributed by atoms with Crippen LogP contribution in [-0.4, -0.2) is 40.9 Å². The molecule has 1 N–H and O–H groups in total. The topological polar surface area (TPSA) is 33.1 Å². The Morgan fingerprint density at radius 2 is 2.12 bits per heavy atom. The van der Waals surface area contributed by atoms with E-state index in [1.807, 2.05) is 11.7 Å². The maximum Gasteiger partial charge on any atom is 0.0638 e. The Morgan fingerprint density at radius 3 is 2.76 bits per heavy atom. The maximum absolute atomic E-state index is 4.34. The Hall–Kier alpha value is -0.870. The van der Waals surface area contributed by atoms with E-state index < -0.39 is 0 Å². The van der Waals surface area contributed by atoms with Crippen molar-refractivity contribution in [1.82, 2.24) is 20.0 Å². The quantitative estimate of drug-likeness (QED) is 0.756. The lowest BCUT2D eigenvalue weighted by molar-refractivity contribution is 0.331. The average molecular weight is 236 g/mol. The van der Waals surface area contributed by atoms with Gasteiger partial charge in [0, 0.05) is 25.4 Å². The highest BCUT2D eigenvalue weighted by Crippen LogP contribution is 2.07. The first kappa shape index (κ1) is 12.6. The summed E-state index contributed by atoms with van der Waals surface area (Å²) in [6.07, 6.45) is 6.13. The van der Waals surface area contributed by atoms with E-state index in [2.05, 4.69) is 28.4 Å². The van der Waals surface area contributed by atoms with Crippen LogP contribution >= 0.6 is 0 Å². The lowest BCUT2D eigenvalue weighted by Gasteiger charge is -2.14. The van der Waals surface area contributed by atoms with Gasteiger partial charge in [-0.3, -0.25) is 4.68 Å². The van der Waals surface area contributed by atoms with Gasteiger partial charge in [-0.25, -0.2) is 0 Å². The minimum atomic E-state index is 0.944. The van der Waals surface area contributed by atoms with Gasteiger partial charge in [0.25, 0.3) is 0 Å². The third-order valence-corrected chi connectivity index (χ3v) is 3.46. The summed E-state index contributed by atoms with van der Waals surface area (Å²) in [6, 6.07) is 0. The molecule has 0 aromatic carbocycles. The van der Waals surface area contributed by atoms with Crippen LogP contribution in [0.25, 0.3) is 0 Å². The van der Waals surface area contributed by atoms with Gasteiger partial charge in [-0.15, -0.1) is 0 Å². The van der Waals surface area contributed by atoms with Crippen molar-refractivity contribution in [2.45, 2.75) is 32.7 Å². The molecular weight excluding hydrogens is 212 g/mol. The first-order chi connectivity index (χ1) is 8.25. The molecule has 0 atom stereocenters. The van der Waals surface area contributed by atoms with Crippen molar-refractivity contribution in [1.29, 1.82) is 0 Å². The zero-order chi connectivity index (χ0) is 12.1. The number of nitrogens with zero attached hydrogens (tertiary/aromatic N) is 3. The number of hydrogen-bond donors (Lipinski definition) is 1. The van der Waals surface area contributed by atoms with Gasteiger partial charge in [-0.05, 0) is 52.4 Å². The number of nitrogens with one attached hydrogen (secondary N) is 1. The van der Waals surface area contributed by atoms with Gasteiger partial charge in [-0.1, -0.05) is 0 Å². The van der Waals surface area contributed by atoms with Crippen LogP contribution in [0.15, 0.2) is 6.20 Å². The molecule has 1 saturated heterocycles. The second kappa shape index (κ2) is 6.17. The smallest absolute Gasteiger partial charge is 0.0638 e. The van der Waals surface area contributed by atoms with E-state index in [1.165, 1.54) is 44.5 Å². The van der Waals surface area contributed by atoms with Gasteiger partial charge in [-0.2, -0.15) is 5.10 Å². The van der Waals surface area contributed by atoms with Crippen molar-refractivity contribution in [2.75, 3.05) is 26.2 Å². The molecule has 0 bridgehead atoms. The van der Waals surface area contributed by atoms with Crippen molar-refractivity contribution < 1.29 is 0 Å². The van der Waals surface area contributed by atoms with Crippen molar-refractivity contribution >= 4 is 0 Å². The largest absolute Gasteiger partial charge is 0.312 e. The molecule has 96 valence electrons. The molecule has 1 aromatic heterocycles. The molecular formula is C13H24N4. The molecule has 0 saturated carbocycles. The fourth-order valence-corrected chi connectivity index (χ4v) is 2.48. The molecule has 2 heterocycles. The SMILES string of the molecule is Cc1nn(C)cc1CNCCCN1CCCC1. The van der Waals surface area contributed by atoms with Crippen LogP contribution in [0, 0.1) is 6.92 Å². The van der Waals surface area contributed by atoms with E-state index in [9.17, 15) is 0 Å². The molecule has 2 rings (SSSR count). The van der Waals surface area contributed by atoms with E-state index in [4.69, 9.17) is 0 Å². The zero-order valence-corrected chi connectivity index (χ0v) is 11.1. The Kier molecular flexibility index (Phi) is 4.57. The summed E-state index contributed by atoms with van der Waals surface area (Å²) in [6.45, 7) is 7.98. The molecule has 4 heteroatoms. The fourth-order valence-electron chi connectivity index (χ4n) is 2.48. The minimum Gasteiger partial charge on any atom is -0.312 e. The Bertz CT molecular complexity index is 339. The second-order valence-electron chi connectivity index (χ2n) is 4.99. The van der Waals surface area contributed by atoms with Crippen molar-refractivity contribution in [2.24, 2.45) is 7.05 Å². The highest BCUT2D eigenvalue weighted by atomic mass is 15.2. The predicted molar refractivity (Wildman–Crippen MR) is 69.9 cm³/mol. The second-order valence-corrected chi connectivity index (χ2v) is 4.99. The molecule has 1 aliphatic rings. The average Bonchev–Trinajstić information content (AvgIpc) is 2.89. The summed E-state index contributed by atoms with van der Waals surface area (Å²) >= 11 is 0. The van der Waals surface area contributed by atoms with E-state index in [0.717, 1.165) is 18.8 Å². The normalized spacial score (nSPS) is 16.8. The van der Waals surface area contributed by atoms with Crippen LogP contribution in [0.5, 0.6) is 0 Å². The summed E-state index contributed by atoms with van der Waals surface area (Å²) in [5.41, 5.74) is 2.45. The number of aryl methyl sites for hydroxylation is 2. The summed E-state index contributed by atoms with van der Waals surface area (Å²) in [7, 11) is 1.98. The van der Waals surface area contributed by atoms with Crippen molar-refractivity contribution in [3.05, 3.63) is 17.5 Å². The molecule has 0 amide bonds. The molecule has 0 unspecified atom stereocenters. The highest BCUT2D eigenvalue weighted by molar-refractivity contribution is 5.14. The van der Waals surface area contributed by atoms with E-state index in [-0.39, 0.29) is 0 Å². The van der Waals surface area contributed by atoms with Crippen molar-refractivity contribution in [3.63, 3.8) is 0 Å². The first-order valence-corrected chi connectivity index (χ1v) is 6.68. The molecule has 0 aliphatic carbocycles. The maximum atomic E-state index is 4.34. The number of hydrogen-bond acceptors (Lipinski definition) is 3. The van der Waals surface area contributed by atoms with Crippen LogP contribution in [0.2, 0.25) is 0 Å². The van der Waals surface area contributed by atoms with E-state index in [1.54, 1.807) is 0 Å². The van der Waals surface area contributed by atoms with E-state index >= 15 is 0 Å².